The Bertz CT molecular complexity index is 925. The Balaban J connectivity index is 1.60. The number of hydrogen-bond donors (Lipinski definition) is 1. The van der Waals surface area contributed by atoms with Crippen molar-refractivity contribution in [1.82, 2.24) is 10.2 Å². The van der Waals surface area contributed by atoms with Crippen LogP contribution in [0.3, 0.4) is 0 Å². The van der Waals surface area contributed by atoms with E-state index in [9.17, 15) is 18.8 Å². The number of amides is 3. The van der Waals surface area contributed by atoms with Gasteiger partial charge in [-0.2, -0.15) is 0 Å². The highest BCUT2D eigenvalue weighted by Gasteiger charge is 2.34. The zero-order chi connectivity index (χ0) is 19.4. The SMILES string of the molecule is Cc1ccccc1C(=O)NCCN1C(=O)S/C(=C/c2ccc(F)cc2)C1=O. The molecule has 3 rings (SSSR count). The molecule has 0 radical (unpaired) electrons. The summed E-state index contributed by atoms with van der Waals surface area (Å²) >= 11 is 0.831. The largest absolute Gasteiger partial charge is 0.350 e. The van der Waals surface area contributed by atoms with E-state index in [1.807, 2.05) is 19.1 Å². The van der Waals surface area contributed by atoms with E-state index in [0.717, 1.165) is 22.2 Å². The second kappa shape index (κ2) is 8.18. The van der Waals surface area contributed by atoms with E-state index in [0.29, 0.717) is 11.1 Å². The van der Waals surface area contributed by atoms with Crippen LogP contribution < -0.4 is 5.32 Å². The Morgan fingerprint density at radius 1 is 1.15 bits per heavy atom. The highest BCUT2D eigenvalue weighted by Crippen LogP contribution is 2.31. The fraction of sp³-hybridized carbons (Fsp3) is 0.150. The maximum Gasteiger partial charge on any atom is 0.293 e. The van der Waals surface area contributed by atoms with Gasteiger partial charge in [0.2, 0.25) is 0 Å². The van der Waals surface area contributed by atoms with Gasteiger partial charge in [-0.05, 0) is 54.1 Å². The summed E-state index contributed by atoms with van der Waals surface area (Å²) in [5, 5.41) is 2.33. The lowest BCUT2D eigenvalue weighted by molar-refractivity contribution is -0.122. The third-order valence-corrected chi connectivity index (χ3v) is 4.96. The third-order valence-electron chi connectivity index (χ3n) is 4.05. The van der Waals surface area contributed by atoms with Crippen LogP contribution in [0.5, 0.6) is 0 Å². The average molecular weight is 384 g/mol. The molecule has 1 aliphatic heterocycles. The van der Waals surface area contributed by atoms with Crippen molar-refractivity contribution in [3.05, 3.63) is 75.9 Å². The van der Waals surface area contributed by atoms with E-state index in [4.69, 9.17) is 0 Å². The minimum absolute atomic E-state index is 0.0864. The van der Waals surface area contributed by atoms with Crippen LogP contribution in [0.1, 0.15) is 21.5 Å². The molecule has 0 atom stereocenters. The van der Waals surface area contributed by atoms with Crippen molar-refractivity contribution in [1.29, 1.82) is 0 Å². The molecule has 1 fully saturated rings. The lowest BCUT2D eigenvalue weighted by atomic mass is 10.1. The molecule has 0 unspecified atom stereocenters. The van der Waals surface area contributed by atoms with Gasteiger partial charge >= 0.3 is 0 Å². The first-order valence-corrected chi connectivity index (χ1v) is 9.12. The van der Waals surface area contributed by atoms with Crippen LogP contribution in [0.4, 0.5) is 9.18 Å². The molecule has 2 aromatic carbocycles. The topological polar surface area (TPSA) is 66.5 Å². The van der Waals surface area contributed by atoms with Gasteiger partial charge in [0.1, 0.15) is 5.82 Å². The number of carbonyl (C=O) groups excluding carboxylic acids is 3. The molecule has 1 N–H and O–H groups in total. The Morgan fingerprint density at radius 3 is 2.56 bits per heavy atom. The second-order valence-electron chi connectivity index (χ2n) is 5.96. The van der Waals surface area contributed by atoms with Crippen molar-refractivity contribution in [3.63, 3.8) is 0 Å². The summed E-state index contributed by atoms with van der Waals surface area (Å²) in [6, 6.07) is 12.8. The summed E-state index contributed by atoms with van der Waals surface area (Å²) < 4.78 is 13.0. The van der Waals surface area contributed by atoms with Crippen molar-refractivity contribution >= 4 is 34.9 Å². The summed E-state index contributed by atoms with van der Waals surface area (Å²) in [5.74, 6) is -1.04. The molecule has 0 aromatic heterocycles. The molecule has 2 aromatic rings. The maximum atomic E-state index is 13.0. The van der Waals surface area contributed by atoms with Gasteiger partial charge in [0.15, 0.2) is 0 Å². The lowest BCUT2D eigenvalue weighted by Gasteiger charge is -2.13. The van der Waals surface area contributed by atoms with Gasteiger partial charge in [-0.15, -0.1) is 0 Å². The number of nitrogens with one attached hydrogen (secondary N) is 1. The number of carbonyl (C=O) groups is 3. The smallest absolute Gasteiger partial charge is 0.293 e. The summed E-state index contributed by atoms with van der Waals surface area (Å²) in [7, 11) is 0. The molecule has 0 aliphatic carbocycles. The Labute approximate surface area is 160 Å². The number of thioether (sulfide) groups is 1. The molecule has 5 nitrogen and oxygen atoms in total. The van der Waals surface area contributed by atoms with E-state index in [-0.39, 0.29) is 29.7 Å². The molecular formula is C20H17FN2O3S. The molecule has 3 amide bonds. The van der Waals surface area contributed by atoms with E-state index in [2.05, 4.69) is 5.32 Å². The highest BCUT2D eigenvalue weighted by atomic mass is 32.2. The second-order valence-corrected chi connectivity index (χ2v) is 6.95. The first-order valence-electron chi connectivity index (χ1n) is 8.30. The van der Waals surface area contributed by atoms with Crippen LogP contribution >= 0.6 is 11.8 Å². The highest BCUT2D eigenvalue weighted by molar-refractivity contribution is 8.18. The van der Waals surface area contributed by atoms with Crippen LogP contribution in [0.2, 0.25) is 0 Å². The van der Waals surface area contributed by atoms with Gasteiger partial charge in [-0.25, -0.2) is 4.39 Å². The molecule has 0 bridgehead atoms. The van der Waals surface area contributed by atoms with Gasteiger partial charge in [-0.3, -0.25) is 19.3 Å². The molecular weight excluding hydrogens is 367 g/mol. The number of aryl methyl sites for hydroxylation is 1. The number of rotatable bonds is 5. The van der Waals surface area contributed by atoms with E-state index in [1.54, 1.807) is 18.2 Å². The Hall–Kier alpha value is -2.93. The Morgan fingerprint density at radius 2 is 1.85 bits per heavy atom. The third kappa shape index (κ3) is 4.43. The molecule has 1 heterocycles. The van der Waals surface area contributed by atoms with Gasteiger partial charge in [0.05, 0.1) is 4.91 Å². The average Bonchev–Trinajstić information content (AvgIpc) is 2.91. The maximum absolute atomic E-state index is 13.0. The van der Waals surface area contributed by atoms with E-state index < -0.39 is 11.1 Å². The minimum Gasteiger partial charge on any atom is -0.350 e. The van der Waals surface area contributed by atoms with Gasteiger partial charge < -0.3 is 5.32 Å². The fourth-order valence-electron chi connectivity index (χ4n) is 2.61. The van der Waals surface area contributed by atoms with Crippen LogP contribution in [0, 0.1) is 12.7 Å². The van der Waals surface area contributed by atoms with Crippen LogP contribution in [0.15, 0.2) is 53.4 Å². The number of halogens is 1. The molecule has 7 heteroatoms. The molecule has 0 spiro atoms. The minimum atomic E-state index is -0.417. The van der Waals surface area contributed by atoms with Gasteiger partial charge in [0.25, 0.3) is 17.1 Å². The number of imide groups is 1. The van der Waals surface area contributed by atoms with Crippen LogP contribution in [-0.4, -0.2) is 35.0 Å². The quantitative estimate of drug-likeness (QED) is 0.800. The number of nitrogens with zero attached hydrogens (tertiary/aromatic N) is 1. The molecule has 1 aliphatic rings. The normalized spacial score (nSPS) is 15.5. The standard InChI is InChI=1S/C20H17FN2O3S/c1-13-4-2-3-5-16(13)18(24)22-10-11-23-19(25)17(27-20(23)26)12-14-6-8-15(21)9-7-14/h2-9,12H,10-11H2,1H3,(H,22,24)/b17-12+. The zero-order valence-electron chi connectivity index (χ0n) is 14.6. The van der Waals surface area contributed by atoms with E-state index in [1.165, 1.54) is 24.3 Å². The zero-order valence-corrected chi connectivity index (χ0v) is 15.4. The van der Waals surface area contributed by atoms with Crippen molar-refractivity contribution in [3.8, 4) is 0 Å². The summed E-state index contributed by atoms with van der Waals surface area (Å²) in [6.07, 6.45) is 1.55. The molecule has 1 saturated heterocycles. The number of hydrogen-bond acceptors (Lipinski definition) is 4. The first-order chi connectivity index (χ1) is 13.0. The predicted octanol–water partition coefficient (Wildman–Crippen LogP) is 3.60. The Kier molecular flexibility index (Phi) is 5.71. The van der Waals surface area contributed by atoms with E-state index >= 15 is 0 Å². The van der Waals surface area contributed by atoms with Crippen LogP contribution in [-0.2, 0) is 4.79 Å². The van der Waals surface area contributed by atoms with Crippen molar-refractivity contribution in [2.45, 2.75) is 6.92 Å². The van der Waals surface area contributed by atoms with Crippen molar-refractivity contribution < 1.29 is 18.8 Å². The fourth-order valence-corrected chi connectivity index (χ4v) is 3.47. The lowest BCUT2D eigenvalue weighted by Crippen LogP contribution is -2.37. The summed E-state index contributed by atoms with van der Waals surface area (Å²) in [6.45, 7) is 2.09. The monoisotopic (exact) mass is 384 g/mol. The van der Waals surface area contributed by atoms with Crippen LogP contribution in [0.25, 0.3) is 6.08 Å². The van der Waals surface area contributed by atoms with Gasteiger partial charge in [0, 0.05) is 18.7 Å². The molecule has 138 valence electrons. The van der Waals surface area contributed by atoms with Crippen molar-refractivity contribution in [2.75, 3.05) is 13.1 Å². The molecule has 0 saturated carbocycles. The van der Waals surface area contributed by atoms with Gasteiger partial charge in [-0.1, -0.05) is 30.3 Å². The predicted molar refractivity (Wildman–Crippen MR) is 103 cm³/mol. The number of benzene rings is 2. The molecule has 27 heavy (non-hydrogen) atoms. The van der Waals surface area contributed by atoms with Crippen molar-refractivity contribution in [2.24, 2.45) is 0 Å². The summed E-state index contributed by atoms with van der Waals surface area (Å²) in [4.78, 5) is 38.1. The summed E-state index contributed by atoms with van der Waals surface area (Å²) in [5.41, 5.74) is 2.04. The first kappa shape index (κ1) is 18.8.